The van der Waals surface area contributed by atoms with Gasteiger partial charge < -0.3 is 11.5 Å². The number of nitrogens with zero attached hydrogens (tertiary/aromatic N) is 2. The van der Waals surface area contributed by atoms with Crippen molar-refractivity contribution < 1.29 is 0 Å². The normalized spacial score (nSPS) is 43.9. The van der Waals surface area contributed by atoms with E-state index in [-0.39, 0.29) is 15.6 Å². The van der Waals surface area contributed by atoms with E-state index in [1.165, 1.54) is 49.9 Å². The molecule has 29 heavy (non-hydrogen) atoms. The topological polar surface area (TPSA) is 101 Å². The van der Waals surface area contributed by atoms with Gasteiger partial charge in [-0.2, -0.15) is 10.2 Å². The van der Waals surface area contributed by atoms with Gasteiger partial charge in [0.05, 0.1) is 0 Å². The molecule has 6 nitrogen and oxygen atoms in total. The van der Waals surface area contributed by atoms with Crippen molar-refractivity contribution in [2.75, 3.05) is 0 Å². The van der Waals surface area contributed by atoms with Crippen molar-refractivity contribution >= 4 is 46.1 Å². The van der Waals surface area contributed by atoms with Crippen molar-refractivity contribution in [3.8, 4) is 0 Å². The van der Waals surface area contributed by atoms with E-state index >= 15 is 0 Å². The molecular weight excluding hydrogens is 400 g/mol. The minimum atomic E-state index is 0.199. The molecule has 0 aromatic carbocycles. The number of fused-ring (bicyclic) bond motifs is 5. The van der Waals surface area contributed by atoms with Crippen molar-refractivity contribution in [1.82, 2.24) is 10.9 Å². The number of hydrogen-bond donors (Lipinski definition) is 4. The second-order valence-corrected chi connectivity index (χ2v) is 10.9. The zero-order valence-corrected chi connectivity index (χ0v) is 19.2. The highest BCUT2D eigenvalue weighted by atomic mass is 32.1. The van der Waals surface area contributed by atoms with Gasteiger partial charge in [0, 0.05) is 16.8 Å². The summed E-state index contributed by atoms with van der Waals surface area (Å²) in [5, 5.41) is 9.61. The van der Waals surface area contributed by atoms with Gasteiger partial charge in [-0.15, -0.1) is 0 Å². The molecular formula is C21H34N6S2. The highest BCUT2D eigenvalue weighted by Gasteiger charge is 2.59. The number of rotatable bonds is 2. The average molecular weight is 435 g/mol. The van der Waals surface area contributed by atoms with Crippen LogP contribution in [0, 0.1) is 34.5 Å². The quantitative estimate of drug-likeness (QED) is 0.392. The highest BCUT2D eigenvalue weighted by molar-refractivity contribution is 7.80. The molecule has 160 valence electrons. The molecule has 0 aromatic rings. The second kappa shape index (κ2) is 7.76. The van der Waals surface area contributed by atoms with Crippen LogP contribution in [-0.4, -0.2) is 21.6 Å². The first kappa shape index (κ1) is 21.0. The molecule has 0 heterocycles. The van der Waals surface area contributed by atoms with E-state index in [0.717, 1.165) is 42.9 Å². The van der Waals surface area contributed by atoms with Gasteiger partial charge in [0.1, 0.15) is 0 Å². The smallest absolute Gasteiger partial charge is 0.184 e. The lowest BCUT2D eigenvalue weighted by Gasteiger charge is -2.59. The predicted octanol–water partition coefficient (Wildman–Crippen LogP) is 3.41. The second-order valence-electron chi connectivity index (χ2n) is 10.0. The Kier molecular flexibility index (Phi) is 5.61. The van der Waals surface area contributed by atoms with Crippen molar-refractivity contribution in [1.29, 1.82) is 0 Å². The lowest BCUT2D eigenvalue weighted by Crippen LogP contribution is -2.53. The molecule has 6 atom stereocenters. The summed E-state index contributed by atoms with van der Waals surface area (Å²) in [5.74, 6) is 3.07. The van der Waals surface area contributed by atoms with Crippen molar-refractivity contribution in [3.63, 3.8) is 0 Å². The Morgan fingerprint density at radius 1 is 0.931 bits per heavy atom. The maximum absolute atomic E-state index is 5.61. The molecule has 0 saturated heterocycles. The van der Waals surface area contributed by atoms with Crippen LogP contribution in [0.15, 0.2) is 10.2 Å². The first-order chi connectivity index (χ1) is 13.7. The highest BCUT2D eigenvalue weighted by Crippen LogP contribution is 2.65. The van der Waals surface area contributed by atoms with Crippen LogP contribution in [0.5, 0.6) is 0 Å². The summed E-state index contributed by atoms with van der Waals surface area (Å²) in [6.07, 6.45) is 10.8. The summed E-state index contributed by atoms with van der Waals surface area (Å²) in [7, 11) is 0. The minimum Gasteiger partial charge on any atom is -0.375 e. The van der Waals surface area contributed by atoms with Crippen molar-refractivity contribution in [2.45, 2.75) is 71.6 Å². The van der Waals surface area contributed by atoms with Crippen LogP contribution in [0.25, 0.3) is 0 Å². The lowest BCUT2D eigenvalue weighted by molar-refractivity contribution is -0.0815. The number of hydrogen-bond acceptors (Lipinski definition) is 4. The molecule has 4 fully saturated rings. The van der Waals surface area contributed by atoms with Crippen LogP contribution in [0.2, 0.25) is 0 Å². The molecule has 4 aliphatic rings. The van der Waals surface area contributed by atoms with Crippen LogP contribution in [-0.2, 0) is 0 Å². The van der Waals surface area contributed by atoms with E-state index in [2.05, 4.69) is 34.9 Å². The van der Waals surface area contributed by atoms with Gasteiger partial charge in [0.2, 0.25) is 0 Å². The molecule has 6 N–H and O–H groups in total. The molecule has 6 unspecified atom stereocenters. The fourth-order valence-corrected chi connectivity index (χ4v) is 7.48. The van der Waals surface area contributed by atoms with Crippen molar-refractivity contribution in [3.05, 3.63) is 0 Å². The molecule has 4 aliphatic carbocycles. The Morgan fingerprint density at radius 2 is 1.66 bits per heavy atom. The molecule has 4 saturated carbocycles. The first-order valence-corrected chi connectivity index (χ1v) is 11.8. The summed E-state index contributed by atoms with van der Waals surface area (Å²) < 4.78 is 0. The monoisotopic (exact) mass is 434 g/mol. The molecule has 0 amide bonds. The Labute approximate surface area is 184 Å². The Morgan fingerprint density at radius 3 is 2.38 bits per heavy atom. The molecule has 0 radical (unpaired) electrons. The molecule has 0 aromatic heterocycles. The van der Waals surface area contributed by atoms with E-state index in [1.54, 1.807) is 0 Å². The maximum atomic E-state index is 5.61. The van der Waals surface area contributed by atoms with Crippen LogP contribution in [0.4, 0.5) is 0 Å². The van der Waals surface area contributed by atoms with E-state index in [9.17, 15) is 0 Å². The fourth-order valence-electron chi connectivity index (χ4n) is 7.39. The van der Waals surface area contributed by atoms with Gasteiger partial charge in [-0.05, 0) is 111 Å². The zero-order chi connectivity index (χ0) is 20.8. The predicted molar refractivity (Wildman–Crippen MR) is 126 cm³/mol. The van der Waals surface area contributed by atoms with Crippen LogP contribution in [0.1, 0.15) is 71.6 Å². The Bertz CT molecular complexity index is 764. The Balaban J connectivity index is 1.51. The summed E-state index contributed by atoms with van der Waals surface area (Å²) in [6.45, 7) is 5.00. The fraction of sp³-hybridized carbons (Fsp3) is 0.810. The number of hydrazone groups is 2. The first-order valence-electron chi connectivity index (χ1n) is 11.0. The average Bonchev–Trinajstić information content (AvgIpc) is 3.01. The number of nitrogens with one attached hydrogen (secondary N) is 2. The molecule has 0 bridgehead atoms. The summed E-state index contributed by atoms with van der Waals surface area (Å²) in [6, 6.07) is 0. The summed E-state index contributed by atoms with van der Waals surface area (Å²) in [5.41, 5.74) is 20.0. The van der Waals surface area contributed by atoms with Crippen molar-refractivity contribution in [2.24, 2.45) is 56.2 Å². The standard InChI is InChI=1S/C21H34N6S2/c1-20-9-7-13(24-26-18(22)28)11-12(20)3-4-14-15-5-6-17(25-27-19(23)29)21(15,2)10-8-16(14)20/h12,14-16H,3-11H2,1-2H3,(H3,22,26,28)(H3,23,27,29). The van der Waals surface area contributed by atoms with Gasteiger partial charge in [-0.25, -0.2) is 0 Å². The van der Waals surface area contributed by atoms with Gasteiger partial charge in [-0.1, -0.05) is 13.8 Å². The van der Waals surface area contributed by atoms with E-state index in [4.69, 9.17) is 35.9 Å². The summed E-state index contributed by atoms with van der Waals surface area (Å²) in [4.78, 5) is 0. The third-order valence-corrected chi connectivity index (χ3v) is 9.05. The minimum absolute atomic E-state index is 0.199. The van der Waals surface area contributed by atoms with Gasteiger partial charge in [-0.3, -0.25) is 10.9 Å². The molecule has 4 rings (SSSR count). The van der Waals surface area contributed by atoms with Crippen LogP contribution >= 0.6 is 24.4 Å². The number of nitrogens with two attached hydrogens (primary N) is 2. The van der Waals surface area contributed by atoms with Crippen LogP contribution in [0.3, 0.4) is 0 Å². The van der Waals surface area contributed by atoms with Crippen LogP contribution < -0.4 is 22.3 Å². The Hall–Kier alpha value is -1.28. The van der Waals surface area contributed by atoms with E-state index in [0.29, 0.717) is 5.41 Å². The largest absolute Gasteiger partial charge is 0.375 e. The third-order valence-electron chi connectivity index (χ3n) is 8.87. The lowest BCUT2D eigenvalue weighted by atomic mass is 9.45. The zero-order valence-electron chi connectivity index (χ0n) is 17.5. The van der Waals surface area contributed by atoms with Gasteiger partial charge >= 0.3 is 0 Å². The maximum Gasteiger partial charge on any atom is 0.184 e. The molecule has 8 heteroatoms. The molecule has 0 aliphatic heterocycles. The summed E-state index contributed by atoms with van der Waals surface area (Å²) >= 11 is 9.86. The number of thiocarbonyl (C=S) groups is 2. The van der Waals surface area contributed by atoms with Gasteiger partial charge in [0.25, 0.3) is 0 Å². The van der Waals surface area contributed by atoms with E-state index in [1.807, 2.05) is 0 Å². The SMILES string of the molecule is CC12CCC3C(CCC4CC(=NNC(N)=S)CCC43C)C1CCC2=NNC(N)=S. The molecule has 0 spiro atoms. The van der Waals surface area contributed by atoms with E-state index < -0.39 is 0 Å². The van der Waals surface area contributed by atoms with Gasteiger partial charge in [0.15, 0.2) is 10.2 Å². The third kappa shape index (κ3) is 3.67.